The Labute approximate surface area is 142 Å². The SMILES string of the molecule is CCCCCN(CCCCC)C(=O)c1ccc(Cl)c([N+](=O)[O-])c1. The number of nitro groups is 1. The van der Waals surface area contributed by atoms with Gasteiger partial charge in [0.2, 0.25) is 0 Å². The van der Waals surface area contributed by atoms with Gasteiger partial charge >= 0.3 is 0 Å². The number of hydrogen-bond donors (Lipinski definition) is 0. The first-order chi connectivity index (χ1) is 11.0. The van der Waals surface area contributed by atoms with E-state index in [2.05, 4.69) is 13.8 Å². The summed E-state index contributed by atoms with van der Waals surface area (Å²) in [6, 6.07) is 4.25. The summed E-state index contributed by atoms with van der Waals surface area (Å²) in [6.45, 7) is 5.61. The van der Waals surface area contributed by atoms with Crippen LogP contribution in [0.5, 0.6) is 0 Å². The van der Waals surface area contributed by atoms with Crippen LogP contribution in [0, 0.1) is 10.1 Å². The topological polar surface area (TPSA) is 63.5 Å². The van der Waals surface area contributed by atoms with Crippen LogP contribution in [0.15, 0.2) is 18.2 Å². The number of carbonyl (C=O) groups is 1. The predicted molar refractivity (Wildman–Crippen MR) is 93.1 cm³/mol. The first kappa shape index (κ1) is 19.4. The minimum absolute atomic E-state index is 0.0510. The van der Waals surface area contributed by atoms with Crippen molar-refractivity contribution in [2.75, 3.05) is 13.1 Å². The zero-order valence-corrected chi connectivity index (χ0v) is 14.6. The first-order valence-electron chi connectivity index (χ1n) is 8.24. The molecule has 1 amide bonds. The molecule has 0 aliphatic heterocycles. The number of nitrogens with zero attached hydrogens (tertiary/aromatic N) is 2. The Morgan fingerprint density at radius 2 is 1.70 bits per heavy atom. The van der Waals surface area contributed by atoms with E-state index in [-0.39, 0.29) is 16.6 Å². The summed E-state index contributed by atoms with van der Waals surface area (Å²) < 4.78 is 0. The van der Waals surface area contributed by atoms with E-state index in [0.717, 1.165) is 38.5 Å². The molecule has 0 radical (unpaired) electrons. The van der Waals surface area contributed by atoms with Gasteiger partial charge in [-0.2, -0.15) is 0 Å². The summed E-state index contributed by atoms with van der Waals surface area (Å²) in [5, 5.41) is 11.0. The maximum absolute atomic E-state index is 12.7. The van der Waals surface area contributed by atoms with E-state index in [4.69, 9.17) is 11.6 Å². The van der Waals surface area contributed by atoms with E-state index in [0.29, 0.717) is 18.7 Å². The van der Waals surface area contributed by atoms with Crippen molar-refractivity contribution in [2.45, 2.75) is 52.4 Å². The maximum Gasteiger partial charge on any atom is 0.288 e. The Morgan fingerprint density at radius 1 is 1.13 bits per heavy atom. The average molecular weight is 341 g/mol. The lowest BCUT2D eigenvalue weighted by molar-refractivity contribution is -0.384. The molecule has 0 aromatic heterocycles. The van der Waals surface area contributed by atoms with Crippen LogP contribution in [0.2, 0.25) is 5.02 Å². The minimum atomic E-state index is -0.558. The molecule has 6 heteroatoms. The van der Waals surface area contributed by atoms with E-state index >= 15 is 0 Å². The van der Waals surface area contributed by atoms with Crippen LogP contribution in [0.1, 0.15) is 62.7 Å². The highest BCUT2D eigenvalue weighted by molar-refractivity contribution is 6.32. The molecule has 0 saturated heterocycles. The largest absolute Gasteiger partial charge is 0.339 e. The smallest absolute Gasteiger partial charge is 0.288 e. The second-order valence-corrected chi connectivity index (χ2v) is 6.04. The van der Waals surface area contributed by atoms with Gasteiger partial charge in [-0.3, -0.25) is 14.9 Å². The Morgan fingerprint density at radius 3 is 2.17 bits per heavy atom. The number of amides is 1. The summed E-state index contributed by atoms with van der Waals surface area (Å²) in [4.78, 5) is 24.9. The highest BCUT2D eigenvalue weighted by Gasteiger charge is 2.20. The van der Waals surface area contributed by atoms with Crippen LogP contribution in [0.25, 0.3) is 0 Å². The molecule has 0 bridgehead atoms. The van der Waals surface area contributed by atoms with Gasteiger partial charge in [0.05, 0.1) is 4.92 Å². The summed E-state index contributed by atoms with van der Waals surface area (Å²) in [5.41, 5.74) is 0.105. The Hall–Kier alpha value is -1.62. The van der Waals surface area contributed by atoms with Crippen LogP contribution in [0.4, 0.5) is 5.69 Å². The van der Waals surface area contributed by atoms with E-state index in [1.807, 2.05) is 0 Å². The van der Waals surface area contributed by atoms with Gasteiger partial charge in [0, 0.05) is 24.7 Å². The number of rotatable bonds is 10. The van der Waals surface area contributed by atoms with Gasteiger partial charge in [-0.15, -0.1) is 0 Å². The standard InChI is InChI=1S/C17H25ClN2O3/c1-3-5-7-11-19(12-8-6-4-2)17(21)14-9-10-15(18)16(13-14)20(22)23/h9-10,13H,3-8,11-12H2,1-2H3. The molecule has 1 rings (SSSR count). The van der Waals surface area contributed by atoms with Crippen LogP contribution in [-0.4, -0.2) is 28.8 Å². The third-order valence-electron chi connectivity index (χ3n) is 3.74. The number of hydrogen-bond acceptors (Lipinski definition) is 3. The lowest BCUT2D eigenvalue weighted by Gasteiger charge is -2.23. The molecular formula is C17H25ClN2O3. The van der Waals surface area contributed by atoms with Gasteiger partial charge in [0.1, 0.15) is 5.02 Å². The Kier molecular flexibility index (Phi) is 8.62. The van der Waals surface area contributed by atoms with Crippen molar-refractivity contribution in [2.24, 2.45) is 0 Å². The van der Waals surface area contributed by atoms with Crippen molar-refractivity contribution in [1.82, 2.24) is 4.90 Å². The normalized spacial score (nSPS) is 10.6. The molecule has 0 atom stereocenters. The van der Waals surface area contributed by atoms with Crippen molar-refractivity contribution in [3.63, 3.8) is 0 Å². The fourth-order valence-electron chi connectivity index (χ4n) is 2.39. The second kappa shape index (κ2) is 10.2. The molecule has 1 aromatic rings. The molecule has 0 fully saturated rings. The van der Waals surface area contributed by atoms with Crippen molar-refractivity contribution in [3.05, 3.63) is 38.9 Å². The molecular weight excluding hydrogens is 316 g/mol. The fourth-order valence-corrected chi connectivity index (χ4v) is 2.57. The van der Waals surface area contributed by atoms with Crippen molar-refractivity contribution < 1.29 is 9.72 Å². The molecule has 0 N–H and O–H groups in total. The fraction of sp³-hybridized carbons (Fsp3) is 0.588. The van der Waals surface area contributed by atoms with Crippen LogP contribution in [0.3, 0.4) is 0 Å². The summed E-state index contributed by atoms with van der Waals surface area (Å²) in [6.07, 6.45) is 6.21. The van der Waals surface area contributed by atoms with Gasteiger partial charge in [0.25, 0.3) is 11.6 Å². The summed E-state index contributed by atoms with van der Waals surface area (Å²) in [5.74, 6) is -0.156. The zero-order chi connectivity index (χ0) is 17.2. The van der Waals surface area contributed by atoms with Gasteiger partial charge < -0.3 is 4.90 Å². The molecule has 5 nitrogen and oxygen atoms in total. The van der Waals surface area contributed by atoms with Crippen LogP contribution in [-0.2, 0) is 0 Å². The monoisotopic (exact) mass is 340 g/mol. The number of nitro benzene ring substituents is 1. The maximum atomic E-state index is 12.7. The highest BCUT2D eigenvalue weighted by Crippen LogP contribution is 2.25. The minimum Gasteiger partial charge on any atom is -0.339 e. The molecule has 1 aromatic carbocycles. The molecule has 23 heavy (non-hydrogen) atoms. The summed E-state index contributed by atoms with van der Waals surface area (Å²) in [7, 11) is 0. The molecule has 0 saturated carbocycles. The first-order valence-corrected chi connectivity index (χ1v) is 8.62. The molecule has 0 heterocycles. The molecule has 0 unspecified atom stereocenters. The number of halogens is 1. The number of unbranched alkanes of at least 4 members (excludes halogenated alkanes) is 4. The molecule has 0 aliphatic carbocycles. The molecule has 0 spiro atoms. The van der Waals surface area contributed by atoms with Crippen LogP contribution >= 0.6 is 11.6 Å². The van der Waals surface area contributed by atoms with Gasteiger partial charge in [-0.05, 0) is 25.0 Å². The van der Waals surface area contributed by atoms with E-state index in [1.54, 1.807) is 11.0 Å². The molecule has 128 valence electrons. The van der Waals surface area contributed by atoms with E-state index in [9.17, 15) is 14.9 Å². The van der Waals surface area contributed by atoms with Crippen LogP contribution < -0.4 is 0 Å². The highest BCUT2D eigenvalue weighted by atomic mass is 35.5. The predicted octanol–water partition coefficient (Wildman–Crippen LogP) is 5.07. The van der Waals surface area contributed by atoms with E-state index < -0.39 is 4.92 Å². The quantitative estimate of drug-likeness (QED) is 0.339. The van der Waals surface area contributed by atoms with Crippen molar-refractivity contribution in [1.29, 1.82) is 0 Å². The van der Waals surface area contributed by atoms with Crippen molar-refractivity contribution in [3.8, 4) is 0 Å². The lowest BCUT2D eigenvalue weighted by Crippen LogP contribution is -2.33. The lowest BCUT2D eigenvalue weighted by atomic mass is 10.1. The third kappa shape index (κ3) is 6.18. The Balaban J connectivity index is 2.89. The second-order valence-electron chi connectivity index (χ2n) is 5.63. The molecule has 0 aliphatic rings. The van der Waals surface area contributed by atoms with Gasteiger partial charge in [0.15, 0.2) is 0 Å². The van der Waals surface area contributed by atoms with Gasteiger partial charge in [-0.1, -0.05) is 51.1 Å². The average Bonchev–Trinajstić information content (AvgIpc) is 2.53. The zero-order valence-electron chi connectivity index (χ0n) is 13.9. The third-order valence-corrected chi connectivity index (χ3v) is 4.06. The Bertz CT molecular complexity index is 525. The number of carbonyl (C=O) groups excluding carboxylic acids is 1. The van der Waals surface area contributed by atoms with Crippen molar-refractivity contribution >= 4 is 23.2 Å². The van der Waals surface area contributed by atoms with E-state index in [1.165, 1.54) is 12.1 Å². The summed E-state index contributed by atoms with van der Waals surface area (Å²) >= 11 is 5.81. The van der Waals surface area contributed by atoms with Gasteiger partial charge in [-0.25, -0.2) is 0 Å². The number of benzene rings is 1.